The number of benzene rings is 1. The molecule has 0 radical (unpaired) electrons. The molecule has 2 aromatic rings. The molecule has 0 saturated heterocycles. The van der Waals surface area contributed by atoms with Gasteiger partial charge in [-0.15, -0.1) is 0 Å². The van der Waals surface area contributed by atoms with Crippen LogP contribution in [0.25, 0.3) is 5.70 Å². The van der Waals surface area contributed by atoms with E-state index in [1.807, 2.05) is 0 Å². The maximum atomic E-state index is 14.6. The Kier molecular flexibility index (Phi) is 9.18. The molecule has 2 rings (SSSR count). The van der Waals surface area contributed by atoms with Gasteiger partial charge in [0.05, 0.1) is 23.0 Å². The maximum Gasteiger partial charge on any atom is 0.341 e. The monoisotopic (exact) mass is 489 g/mol. The van der Waals surface area contributed by atoms with Crippen LogP contribution in [0.3, 0.4) is 0 Å². The van der Waals surface area contributed by atoms with Crippen LogP contribution in [0.5, 0.6) is 17.4 Å². The standard InChI is InChI=1S/C20H19Cl2F2N3O5/c1-10(23)30-8-13(26-2)17(22)18(25)19-12(24)7-11(21)20(27-19)32-15-6-4-3-5-14(15)31-9-16(28)29/h3-7,10H,8-9,25H2,1-2H3,(H,28,29). The van der Waals surface area contributed by atoms with Crippen LogP contribution in [0, 0.1) is 5.82 Å². The van der Waals surface area contributed by atoms with Crippen LogP contribution < -0.4 is 15.2 Å². The molecule has 1 aromatic heterocycles. The summed E-state index contributed by atoms with van der Waals surface area (Å²) >= 11 is 12.3. The van der Waals surface area contributed by atoms with Gasteiger partial charge in [0.15, 0.2) is 30.3 Å². The second-order valence-corrected chi connectivity index (χ2v) is 6.87. The summed E-state index contributed by atoms with van der Waals surface area (Å²) in [6.07, 6.45) is -1.58. The number of nitrogens with two attached hydrogens (primary N) is 1. The first-order chi connectivity index (χ1) is 15.1. The molecule has 0 saturated carbocycles. The molecule has 0 fully saturated rings. The lowest BCUT2D eigenvalue weighted by molar-refractivity contribution is -0.139. The van der Waals surface area contributed by atoms with Crippen molar-refractivity contribution in [3.8, 4) is 17.4 Å². The molecule has 0 aliphatic heterocycles. The topological polar surface area (TPSA) is 116 Å². The number of pyridine rings is 1. The number of hydrogen-bond acceptors (Lipinski definition) is 7. The van der Waals surface area contributed by atoms with Crippen molar-refractivity contribution < 1.29 is 32.9 Å². The highest BCUT2D eigenvalue weighted by Crippen LogP contribution is 2.35. The molecule has 1 heterocycles. The minimum atomic E-state index is -1.58. The van der Waals surface area contributed by atoms with E-state index in [0.29, 0.717) is 0 Å². The number of aromatic nitrogens is 1. The van der Waals surface area contributed by atoms with Gasteiger partial charge in [0.2, 0.25) is 5.88 Å². The Morgan fingerprint density at radius 2 is 1.97 bits per heavy atom. The summed E-state index contributed by atoms with van der Waals surface area (Å²) in [7, 11) is 1.38. The van der Waals surface area contributed by atoms with Crippen LogP contribution in [0.2, 0.25) is 5.02 Å². The second kappa shape index (κ2) is 11.6. The van der Waals surface area contributed by atoms with E-state index in [4.69, 9.17) is 48.3 Å². The lowest BCUT2D eigenvalue weighted by Gasteiger charge is -2.14. The van der Waals surface area contributed by atoms with E-state index in [9.17, 15) is 13.6 Å². The minimum Gasteiger partial charge on any atom is -0.479 e. The third-order valence-electron chi connectivity index (χ3n) is 3.77. The zero-order chi connectivity index (χ0) is 23.8. The van der Waals surface area contributed by atoms with Gasteiger partial charge in [-0.2, -0.15) is 0 Å². The molecule has 32 heavy (non-hydrogen) atoms. The first-order valence-electron chi connectivity index (χ1n) is 8.98. The minimum absolute atomic E-state index is 0.0692. The van der Waals surface area contributed by atoms with Crippen molar-refractivity contribution in [2.24, 2.45) is 10.7 Å². The average Bonchev–Trinajstić information content (AvgIpc) is 2.74. The first kappa shape index (κ1) is 25.3. The van der Waals surface area contributed by atoms with E-state index in [1.54, 1.807) is 12.1 Å². The van der Waals surface area contributed by atoms with Gasteiger partial charge < -0.3 is 25.1 Å². The number of ether oxygens (including phenoxy) is 3. The number of carboxylic acid groups (broad SMARTS) is 1. The van der Waals surface area contributed by atoms with E-state index < -0.39 is 30.4 Å². The van der Waals surface area contributed by atoms with Crippen LogP contribution in [-0.2, 0) is 9.53 Å². The molecular formula is C20H19Cl2F2N3O5. The van der Waals surface area contributed by atoms with E-state index in [-0.39, 0.29) is 45.4 Å². The van der Waals surface area contributed by atoms with Gasteiger partial charge in [-0.05, 0) is 19.1 Å². The van der Waals surface area contributed by atoms with E-state index in [1.165, 1.54) is 26.1 Å². The Morgan fingerprint density at radius 3 is 2.56 bits per heavy atom. The molecule has 0 aliphatic rings. The van der Waals surface area contributed by atoms with Crippen LogP contribution in [0.15, 0.2) is 40.4 Å². The second-order valence-electron chi connectivity index (χ2n) is 6.09. The van der Waals surface area contributed by atoms with Crippen molar-refractivity contribution in [2.45, 2.75) is 13.3 Å². The molecule has 1 aromatic carbocycles. The third kappa shape index (κ3) is 6.78. The average molecular weight is 490 g/mol. The number of aliphatic carboxylic acids is 1. The number of halogens is 4. The summed E-state index contributed by atoms with van der Waals surface area (Å²) in [5.41, 5.74) is 5.34. The smallest absolute Gasteiger partial charge is 0.341 e. The summed E-state index contributed by atoms with van der Waals surface area (Å²) in [5, 5.41) is 8.41. The van der Waals surface area contributed by atoms with Gasteiger partial charge in [0.1, 0.15) is 10.7 Å². The van der Waals surface area contributed by atoms with Gasteiger partial charge >= 0.3 is 5.97 Å². The highest BCUT2D eigenvalue weighted by Gasteiger charge is 2.20. The molecule has 1 unspecified atom stereocenters. The number of carbonyl (C=O) groups is 1. The van der Waals surface area contributed by atoms with Crippen molar-refractivity contribution in [1.82, 2.24) is 4.98 Å². The van der Waals surface area contributed by atoms with Gasteiger partial charge in [0.25, 0.3) is 0 Å². The normalized spacial score (nSPS) is 13.4. The van der Waals surface area contributed by atoms with Crippen molar-refractivity contribution in [3.05, 3.63) is 51.9 Å². The van der Waals surface area contributed by atoms with Crippen LogP contribution in [0.4, 0.5) is 8.78 Å². The summed E-state index contributed by atoms with van der Waals surface area (Å²) in [5.74, 6) is -2.16. The van der Waals surface area contributed by atoms with Crippen LogP contribution in [-0.4, -0.2) is 48.4 Å². The summed E-state index contributed by atoms with van der Waals surface area (Å²) in [4.78, 5) is 18.6. The van der Waals surface area contributed by atoms with Crippen molar-refractivity contribution in [1.29, 1.82) is 0 Å². The van der Waals surface area contributed by atoms with Crippen LogP contribution >= 0.6 is 23.2 Å². The number of nitrogens with zero attached hydrogens (tertiary/aromatic N) is 2. The molecule has 0 spiro atoms. The number of aliphatic imine (C=N–C) groups is 1. The Morgan fingerprint density at radius 1 is 1.31 bits per heavy atom. The van der Waals surface area contributed by atoms with Gasteiger partial charge in [0, 0.05) is 13.1 Å². The van der Waals surface area contributed by atoms with Crippen LogP contribution in [0.1, 0.15) is 12.6 Å². The number of hydrogen-bond donors (Lipinski definition) is 2. The number of para-hydroxylation sites is 2. The van der Waals surface area contributed by atoms with Crippen molar-refractivity contribution >= 4 is 40.6 Å². The fraction of sp³-hybridized carbons (Fsp3) is 0.250. The predicted molar refractivity (Wildman–Crippen MR) is 116 cm³/mol. The molecule has 3 N–H and O–H groups in total. The van der Waals surface area contributed by atoms with Crippen molar-refractivity contribution in [2.75, 3.05) is 20.3 Å². The highest BCUT2D eigenvalue weighted by molar-refractivity contribution is 6.46. The summed E-state index contributed by atoms with van der Waals surface area (Å²) < 4.78 is 43.1. The molecule has 0 amide bonds. The molecule has 8 nitrogen and oxygen atoms in total. The Labute approximate surface area is 192 Å². The Hall–Kier alpha value is -2.95. The van der Waals surface area contributed by atoms with Gasteiger partial charge in [-0.25, -0.2) is 18.6 Å². The fourth-order valence-electron chi connectivity index (χ4n) is 2.29. The quantitative estimate of drug-likeness (QED) is 0.475. The first-order valence-corrected chi connectivity index (χ1v) is 9.74. The summed E-state index contributed by atoms with van der Waals surface area (Å²) in [6, 6.07) is 7.06. The third-order valence-corrected chi connectivity index (χ3v) is 4.46. The van der Waals surface area contributed by atoms with Crippen molar-refractivity contribution in [3.63, 3.8) is 0 Å². The Balaban J connectivity index is 2.41. The number of carboxylic acids is 1. The highest BCUT2D eigenvalue weighted by atomic mass is 35.5. The predicted octanol–water partition coefficient (Wildman–Crippen LogP) is 4.40. The van der Waals surface area contributed by atoms with E-state index in [0.717, 1.165) is 6.07 Å². The van der Waals surface area contributed by atoms with Gasteiger partial charge in [-0.1, -0.05) is 35.3 Å². The number of rotatable bonds is 10. The molecule has 12 heteroatoms. The maximum absolute atomic E-state index is 14.6. The summed E-state index contributed by atoms with van der Waals surface area (Å²) in [6.45, 7) is 0.261. The van der Waals surface area contributed by atoms with E-state index in [2.05, 4.69) is 9.98 Å². The molecule has 0 aliphatic carbocycles. The van der Waals surface area contributed by atoms with E-state index >= 15 is 0 Å². The Bertz CT molecular complexity index is 1050. The lowest BCUT2D eigenvalue weighted by atomic mass is 10.2. The zero-order valence-electron chi connectivity index (χ0n) is 16.9. The number of alkyl halides is 1. The lowest BCUT2D eigenvalue weighted by Crippen LogP contribution is -2.17. The van der Waals surface area contributed by atoms with Gasteiger partial charge in [-0.3, -0.25) is 4.99 Å². The molecule has 0 bridgehead atoms. The molecular weight excluding hydrogens is 471 g/mol. The fourth-order valence-corrected chi connectivity index (χ4v) is 2.69. The largest absolute Gasteiger partial charge is 0.479 e. The molecule has 172 valence electrons. The molecule has 1 atom stereocenters. The SMILES string of the molecule is CN=C(COC(C)F)C(Cl)=C(N)c1nc(Oc2ccccc2OCC(=O)O)c(Cl)cc1F. The zero-order valence-corrected chi connectivity index (χ0v) is 18.5.